The Morgan fingerprint density at radius 1 is 1.41 bits per heavy atom. The van der Waals surface area contributed by atoms with Crippen LogP contribution in [0.1, 0.15) is 53.9 Å². The molecule has 0 aromatic heterocycles. The molecule has 0 aromatic rings. The summed E-state index contributed by atoms with van der Waals surface area (Å²) in [5.41, 5.74) is -0.385. The topological polar surface area (TPSA) is 38.3 Å². The molecule has 1 aliphatic heterocycles. The summed E-state index contributed by atoms with van der Waals surface area (Å²) in [7, 11) is 0. The van der Waals surface area contributed by atoms with E-state index in [1.165, 1.54) is 12.8 Å². The zero-order chi connectivity index (χ0) is 13.1. The average molecular weight is 241 g/mol. The molecule has 17 heavy (non-hydrogen) atoms. The normalized spacial score (nSPS) is 26.0. The molecule has 0 aliphatic carbocycles. The van der Waals surface area contributed by atoms with E-state index >= 15 is 0 Å². The fourth-order valence-corrected chi connectivity index (χ4v) is 2.43. The third-order valence-corrected chi connectivity index (χ3v) is 3.01. The van der Waals surface area contributed by atoms with Crippen molar-refractivity contribution in [2.75, 3.05) is 6.54 Å². The monoisotopic (exact) mass is 241 g/mol. The van der Waals surface area contributed by atoms with E-state index in [1.54, 1.807) is 0 Å². The van der Waals surface area contributed by atoms with Crippen LogP contribution in [-0.4, -0.2) is 24.2 Å². The van der Waals surface area contributed by atoms with E-state index in [1.807, 2.05) is 20.8 Å². The standard InChI is InChI=1S/C14H27NO2/c1-10(2)8-11-6-7-15-12(9-11)13(16)17-14(3,4)5/h10-12,15H,6-9H2,1-5H3/t11-,12-/m1/s1. The largest absolute Gasteiger partial charge is 0.459 e. The molecule has 0 unspecified atom stereocenters. The quantitative estimate of drug-likeness (QED) is 0.772. The third-order valence-electron chi connectivity index (χ3n) is 3.01. The summed E-state index contributed by atoms with van der Waals surface area (Å²) in [6.45, 7) is 11.2. The Balaban J connectivity index is 2.46. The molecule has 1 saturated heterocycles. The van der Waals surface area contributed by atoms with Gasteiger partial charge in [0.1, 0.15) is 11.6 Å². The van der Waals surface area contributed by atoms with Crippen molar-refractivity contribution in [3.05, 3.63) is 0 Å². The van der Waals surface area contributed by atoms with E-state index in [-0.39, 0.29) is 17.6 Å². The first-order valence-corrected chi connectivity index (χ1v) is 6.74. The van der Waals surface area contributed by atoms with Gasteiger partial charge in [0.05, 0.1) is 0 Å². The highest BCUT2D eigenvalue weighted by Gasteiger charge is 2.30. The predicted molar refractivity (Wildman–Crippen MR) is 69.8 cm³/mol. The van der Waals surface area contributed by atoms with Crippen LogP contribution in [0.2, 0.25) is 0 Å². The molecule has 1 heterocycles. The van der Waals surface area contributed by atoms with Crippen LogP contribution in [0.4, 0.5) is 0 Å². The predicted octanol–water partition coefficient (Wildman–Crippen LogP) is 2.74. The Bertz CT molecular complexity index is 255. The minimum atomic E-state index is -0.385. The molecule has 2 atom stereocenters. The Morgan fingerprint density at radius 2 is 2.06 bits per heavy atom. The van der Waals surface area contributed by atoms with Crippen molar-refractivity contribution in [2.24, 2.45) is 11.8 Å². The van der Waals surface area contributed by atoms with Gasteiger partial charge in [-0.25, -0.2) is 0 Å². The van der Waals surface area contributed by atoms with E-state index in [2.05, 4.69) is 19.2 Å². The smallest absolute Gasteiger partial charge is 0.323 e. The lowest BCUT2D eigenvalue weighted by Gasteiger charge is -2.32. The number of carbonyl (C=O) groups excluding carboxylic acids is 1. The summed E-state index contributed by atoms with van der Waals surface area (Å²) in [4.78, 5) is 12.0. The van der Waals surface area contributed by atoms with Crippen LogP contribution < -0.4 is 5.32 Å². The van der Waals surface area contributed by atoms with Crippen molar-refractivity contribution in [3.8, 4) is 0 Å². The number of rotatable bonds is 3. The van der Waals surface area contributed by atoms with Crippen molar-refractivity contribution in [3.63, 3.8) is 0 Å². The molecule has 1 fully saturated rings. The summed E-state index contributed by atoms with van der Waals surface area (Å²) in [6.07, 6.45) is 3.31. The summed E-state index contributed by atoms with van der Waals surface area (Å²) in [5, 5.41) is 3.27. The Labute approximate surface area is 105 Å². The number of hydrogen-bond acceptors (Lipinski definition) is 3. The van der Waals surface area contributed by atoms with Gasteiger partial charge in [0.25, 0.3) is 0 Å². The minimum absolute atomic E-state index is 0.0917. The van der Waals surface area contributed by atoms with Gasteiger partial charge in [-0.2, -0.15) is 0 Å². The van der Waals surface area contributed by atoms with Crippen LogP contribution in [0.15, 0.2) is 0 Å². The van der Waals surface area contributed by atoms with Crippen molar-refractivity contribution in [1.29, 1.82) is 0 Å². The lowest BCUT2D eigenvalue weighted by atomic mass is 9.86. The van der Waals surface area contributed by atoms with E-state index in [0.29, 0.717) is 11.8 Å². The second kappa shape index (κ2) is 5.85. The van der Waals surface area contributed by atoms with Gasteiger partial charge in [0.2, 0.25) is 0 Å². The van der Waals surface area contributed by atoms with E-state index < -0.39 is 0 Å². The maximum Gasteiger partial charge on any atom is 0.323 e. The second-order valence-corrected chi connectivity index (χ2v) is 6.56. The van der Waals surface area contributed by atoms with Crippen LogP contribution in [0.3, 0.4) is 0 Å². The van der Waals surface area contributed by atoms with Gasteiger partial charge in [-0.05, 0) is 58.4 Å². The van der Waals surface area contributed by atoms with Crippen LogP contribution in [-0.2, 0) is 9.53 Å². The number of carbonyl (C=O) groups is 1. The van der Waals surface area contributed by atoms with Crippen molar-refractivity contribution >= 4 is 5.97 Å². The zero-order valence-electron chi connectivity index (χ0n) is 11.9. The summed E-state index contributed by atoms with van der Waals surface area (Å²) >= 11 is 0. The molecular formula is C14H27NO2. The summed E-state index contributed by atoms with van der Waals surface area (Å²) in [6, 6.07) is -0.105. The maximum absolute atomic E-state index is 12.0. The molecule has 100 valence electrons. The first-order chi connectivity index (χ1) is 7.78. The van der Waals surface area contributed by atoms with Crippen LogP contribution in [0.5, 0.6) is 0 Å². The lowest BCUT2D eigenvalue weighted by Crippen LogP contribution is -2.46. The molecule has 0 saturated carbocycles. The molecule has 0 spiro atoms. The van der Waals surface area contributed by atoms with Crippen LogP contribution in [0.25, 0.3) is 0 Å². The molecule has 0 amide bonds. The fourth-order valence-electron chi connectivity index (χ4n) is 2.43. The van der Waals surface area contributed by atoms with Crippen LogP contribution >= 0.6 is 0 Å². The number of nitrogens with one attached hydrogen (secondary N) is 1. The average Bonchev–Trinajstić information content (AvgIpc) is 2.14. The number of ether oxygens (including phenoxy) is 1. The molecule has 0 radical (unpaired) electrons. The summed E-state index contributed by atoms with van der Waals surface area (Å²) < 4.78 is 5.43. The lowest BCUT2D eigenvalue weighted by molar-refractivity contribution is -0.158. The van der Waals surface area contributed by atoms with Gasteiger partial charge >= 0.3 is 5.97 Å². The number of hydrogen-bond donors (Lipinski definition) is 1. The Kier molecular flexibility index (Phi) is 4.99. The number of piperidine rings is 1. The highest BCUT2D eigenvalue weighted by Crippen LogP contribution is 2.24. The molecule has 3 heteroatoms. The van der Waals surface area contributed by atoms with Crippen molar-refractivity contribution in [1.82, 2.24) is 5.32 Å². The first kappa shape index (κ1) is 14.5. The maximum atomic E-state index is 12.0. The van der Waals surface area contributed by atoms with E-state index in [4.69, 9.17) is 4.74 Å². The second-order valence-electron chi connectivity index (χ2n) is 6.56. The van der Waals surface area contributed by atoms with Crippen molar-refractivity contribution in [2.45, 2.75) is 65.5 Å². The van der Waals surface area contributed by atoms with Gasteiger partial charge < -0.3 is 10.1 Å². The zero-order valence-corrected chi connectivity index (χ0v) is 11.9. The molecule has 1 aliphatic rings. The van der Waals surface area contributed by atoms with E-state index in [9.17, 15) is 4.79 Å². The molecule has 1 N–H and O–H groups in total. The summed E-state index contributed by atoms with van der Waals surface area (Å²) in [5.74, 6) is 1.28. The highest BCUT2D eigenvalue weighted by molar-refractivity contribution is 5.76. The van der Waals surface area contributed by atoms with Gasteiger partial charge in [-0.1, -0.05) is 13.8 Å². The molecular weight excluding hydrogens is 214 g/mol. The van der Waals surface area contributed by atoms with Gasteiger partial charge in [0, 0.05) is 0 Å². The highest BCUT2D eigenvalue weighted by atomic mass is 16.6. The fraction of sp³-hybridized carbons (Fsp3) is 0.929. The van der Waals surface area contributed by atoms with Crippen LogP contribution in [0, 0.1) is 11.8 Å². The van der Waals surface area contributed by atoms with Gasteiger partial charge in [0.15, 0.2) is 0 Å². The molecule has 3 nitrogen and oxygen atoms in total. The Hall–Kier alpha value is -0.570. The van der Waals surface area contributed by atoms with E-state index in [0.717, 1.165) is 13.0 Å². The Morgan fingerprint density at radius 3 is 2.59 bits per heavy atom. The van der Waals surface area contributed by atoms with Crippen molar-refractivity contribution < 1.29 is 9.53 Å². The first-order valence-electron chi connectivity index (χ1n) is 6.74. The van der Waals surface area contributed by atoms with Gasteiger partial charge in [-0.15, -0.1) is 0 Å². The molecule has 0 aromatic carbocycles. The SMILES string of the molecule is CC(C)C[C@H]1CCN[C@@H](C(=O)OC(C)(C)C)C1. The van der Waals surface area contributed by atoms with Gasteiger partial charge in [-0.3, -0.25) is 4.79 Å². The molecule has 0 bridgehead atoms. The molecule has 1 rings (SSSR count). The third kappa shape index (κ3) is 5.53. The number of esters is 1. The minimum Gasteiger partial charge on any atom is -0.459 e.